The van der Waals surface area contributed by atoms with E-state index in [0.29, 0.717) is 5.75 Å². The number of carboxylic acids is 1. The van der Waals surface area contributed by atoms with Crippen molar-refractivity contribution in [2.45, 2.75) is 20.0 Å². The number of hydrogen-bond donors (Lipinski definition) is 2. The van der Waals surface area contributed by atoms with Gasteiger partial charge in [0.05, 0.1) is 0 Å². The quantitative estimate of drug-likeness (QED) is 0.864. The van der Waals surface area contributed by atoms with Gasteiger partial charge in [0, 0.05) is 6.20 Å². The van der Waals surface area contributed by atoms with Gasteiger partial charge in [0.15, 0.2) is 0 Å². The summed E-state index contributed by atoms with van der Waals surface area (Å²) in [6.45, 7) is 2.13. The first-order chi connectivity index (χ1) is 9.60. The molecule has 0 saturated heterocycles. The Morgan fingerprint density at radius 1 is 1.35 bits per heavy atom. The van der Waals surface area contributed by atoms with Crippen molar-refractivity contribution in [3.63, 3.8) is 0 Å². The van der Waals surface area contributed by atoms with Crippen LogP contribution in [0, 0.1) is 0 Å². The van der Waals surface area contributed by atoms with E-state index >= 15 is 0 Å². The lowest BCUT2D eigenvalue weighted by atomic mass is 10.2. The molecule has 0 aliphatic rings. The van der Waals surface area contributed by atoms with Gasteiger partial charge in [0.2, 0.25) is 0 Å². The number of nitrogens with zero attached hydrogens (tertiary/aromatic N) is 1. The van der Waals surface area contributed by atoms with Crippen LogP contribution in [0.2, 0.25) is 0 Å². The van der Waals surface area contributed by atoms with Gasteiger partial charge in [-0.15, -0.1) is 0 Å². The Bertz CT molecular complexity index is 662. The summed E-state index contributed by atoms with van der Waals surface area (Å²) in [5.41, 5.74) is 0.128. The first-order valence-electron chi connectivity index (χ1n) is 6.13. The summed E-state index contributed by atoms with van der Waals surface area (Å²) in [5.74, 6) is -0.367. The molecule has 1 heterocycles. The third-order valence-electron chi connectivity index (χ3n) is 2.79. The zero-order valence-electron chi connectivity index (χ0n) is 10.9. The molecule has 0 radical (unpaired) electrons. The molecule has 0 saturated carbocycles. The highest BCUT2D eigenvalue weighted by Crippen LogP contribution is 2.13. The topological polar surface area (TPSA) is 92.3 Å². The van der Waals surface area contributed by atoms with E-state index in [0.717, 1.165) is 12.6 Å². The summed E-state index contributed by atoms with van der Waals surface area (Å²) >= 11 is 0. The Kier molecular flexibility index (Phi) is 4.14. The first-order valence-corrected chi connectivity index (χ1v) is 6.13. The van der Waals surface area contributed by atoms with Gasteiger partial charge in [0.25, 0.3) is 5.56 Å². The van der Waals surface area contributed by atoms with Crippen molar-refractivity contribution in [3.8, 4) is 5.75 Å². The summed E-state index contributed by atoms with van der Waals surface area (Å²) in [6.07, 6.45) is 1.98. The van der Waals surface area contributed by atoms with Crippen LogP contribution in [0.3, 0.4) is 0 Å². The van der Waals surface area contributed by atoms with Crippen LogP contribution in [0.15, 0.2) is 35.3 Å². The minimum Gasteiger partial charge on any atom is -0.486 e. The van der Waals surface area contributed by atoms with E-state index in [1.807, 2.05) is 24.3 Å². The molecule has 0 aliphatic carbocycles. The van der Waals surface area contributed by atoms with Gasteiger partial charge in [-0.3, -0.25) is 4.79 Å². The lowest BCUT2D eigenvalue weighted by Gasteiger charge is -2.06. The normalized spacial score (nSPS) is 10.2. The lowest BCUT2D eigenvalue weighted by Crippen LogP contribution is -2.20. The monoisotopic (exact) mass is 274 g/mol. The predicted molar refractivity (Wildman–Crippen MR) is 72.0 cm³/mol. The van der Waals surface area contributed by atoms with Crippen molar-refractivity contribution < 1.29 is 14.6 Å². The van der Waals surface area contributed by atoms with E-state index in [1.165, 1.54) is 5.56 Å². The standard InChI is InChI=1S/C14H14N2O4/c1-2-9-3-5-10(6-4-9)20-8-12-15-7-11(14(18)19)13(17)16-12/h3-7H,2,8H2,1H3,(H,18,19)(H,15,16,17). The number of aromatic amines is 1. The van der Waals surface area contributed by atoms with E-state index < -0.39 is 11.5 Å². The van der Waals surface area contributed by atoms with E-state index in [2.05, 4.69) is 16.9 Å². The molecule has 2 N–H and O–H groups in total. The van der Waals surface area contributed by atoms with Gasteiger partial charge in [-0.25, -0.2) is 9.78 Å². The fourth-order valence-corrected chi connectivity index (χ4v) is 1.63. The van der Waals surface area contributed by atoms with Crippen molar-refractivity contribution in [3.05, 3.63) is 57.8 Å². The molecule has 6 nitrogen and oxygen atoms in total. The third-order valence-corrected chi connectivity index (χ3v) is 2.79. The highest BCUT2D eigenvalue weighted by atomic mass is 16.5. The minimum atomic E-state index is -1.30. The van der Waals surface area contributed by atoms with E-state index in [4.69, 9.17) is 9.84 Å². The number of benzene rings is 1. The molecule has 0 amide bonds. The van der Waals surface area contributed by atoms with E-state index in [9.17, 15) is 9.59 Å². The number of nitrogens with one attached hydrogen (secondary N) is 1. The van der Waals surface area contributed by atoms with Crippen molar-refractivity contribution in [2.24, 2.45) is 0 Å². The van der Waals surface area contributed by atoms with Crippen LogP contribution in [0.25, 0.3) is 0 Å². The summed E-state index contributed by atoms with van der Waals surface area (Å²) in [4.78, 5) is 28.4. The molecule has 0 aliphatic heterocycles. The van der Waals surface area contributed by atoms with Crippen LogP contribution in [-0.2, 0) is 13.0 Å². The molecule has 0 spiro atoms. The second kappa shape index (κ2) is 6.01. The number of rotatable bonds is 5. The Morgan fingerprint density at radius 2 is 2.05 bits per heavy atom. The lowest BCUT2D eigenvalue weighted by molar-refractivity contribution is 0.0694. The summed E-state index contributed by atoms with van der Waals surface area (Å²) in [6, 6.07) is 7.59. The zero-order chi connectivity index (χ0) is 14.5. The molecule has 0 fully saturated rings. The van der Waals surface area contributed by atoms with Crippen LogP contribution in [0.5, 0.6) is 5.75 Å². The smallest absolute Gasteiger partial charge is 0.342 e. The molecule has 0 bridgehead atoms. The predicted octanol–water partition coefficient (Wildman–Crippen LogP) is 1.61. The molecule has 104 valence electrons. The summed E-state index contributed by atoms with van der Waals surface area (Å²) in [7, 11) is 0. The molecule has 0 unspecified atom stereocenters. The number of aromatic carboxylic acids is 1. The van der Waals surface area contributed by atoms with Gasteiger partial charge in [-0.2, -0.15) is 0 Å². The molecule has 1 aromatic heterocycles. The fourth-order valence-electron chi connectivity index (χ4n) is 1.63. The van der Waals surface area contributed by atoms with Crippen LogP contribution < -0.4 is 10.3 Å². The van der Waals surface area contributed by atoms with Crippen LogP contribution in [0.1, 0.15) is 28.7 Å². The average Bonchev–Trinajstić information content (AvgIpc) is 2.45. The summed E-state index contributed by atoms with van der Waals surface area (Å²) in [5, 5.41) is 8.72. The number of aryl methyl sites for hydroxylation is 1. The highest BCUT2D eigenvalue weighted by Gasteiger charge is 2.09. The third kappa shape index (κ3) is 3.23. The maximum Gasteiger partial charge on any atom is 0.342 e. The number of carbonyl (C=O) groups is 1. The van der Waals surface area contributed by atoms with Gasteiger partial charge in [-0.1, -0.05) is 19.1 Å². The van der Waals surface area contributed by atoms with Gasteiger partial charge in [0.1, 0.15) is 23.7 Å². The highest BCUT2D eigenvalue weighted by molar-refractivity contribution is 5.86. The Labute approximate surface area is 115 Å². The summed E-state index contributed by atoms with van der Waals surface area (Å²) < 4.78 is 5.47. The van der Waals surface area contributed by atoms with Crippen LogP contribution in [0.4, 0.5) is 0 Å². The second-order valence-corrected chi connectivity index (χ2v) is 4.16. The molecule has 6 heteroatoms. The Morgan fingerprint density at radius 3 is 2.60 bits per heavy atom. The number of ether oxygens (including phenoxy) is 1. The van der Waals surface area contributed by atoms with Crippen molar-refractivity contribution in [2.75, 3.05) is 0 Å². The second-order valence-electron chi connectivity index (χ2n) is 4.16. The van der Waals surface area contributed by atoms with Gasteiger partial charge < -0.3 is 14.8 Å². The largest absolute Gasteiger partial charge is 0.486 e. The van der Waals surface area contributed by atoms with Crippen molar-refractivity contribution in [1.29, 1.82) is 0 Å². The fraction of sp³-hybridized carbons (Fsp3) is 0.214. The SMILES string of the molecule is CCc1ccc(OCc2ncc(C(=O)O)c(=O)[nH]2)cc1. The molecule has 2 aromatic rings. The van der Waals surface area contributed by atoms with Crippen molar-refractivity contribution >= 4 is 5.97 Å². The van der Waals surface area contributed by atoms with E-state index in [1.54, 1.807) is 0 Å². The number of hydrogen-bond acceptors (Lipinski definition) is 4. The van der Waals surface area contributed by atoms with Crippen LogP contribution in [-0.4, -0.2) is 21.0 Å². The molecular formula is C14H14N2O4. The minimum absolute atomic E-state index is 0.0701. The van der Waals surface area contributed by atoms with Gasteiger partial charge >= 0.3 is 5.97 Å². The Hall–Kier alpha value is -2.63. The molecule has 2 rings (SSSR count). The number of H-pyrrole nitrogens is 1. The number of aromatic nitrogens is 2. The first kappa shape index (κ1) is 13.8. The van der Waals surface area contributed by atoms with E-state index in [-0.39, 0.29) is 18.0 Å². The van der Waals surface area contributed by atoms with Gasteiger partial charge in [-0.05, 0) is 24.1 Å². The average molecular weight is 274 g/mol. The molecule has 1 aromatic carbocycles. The maximum absolute atomic E-state index is 11.4. The molecule has 20 heavy (non-hydrogen) atoms. The van der Waals surface area contributed by atoms with Crippen molar-refractivity contribution in [1.82, 2.24) is 9.97 Å². The maximum atomic E-state index is 11.4. The Balaban J connectivity index is 2.05. The zero-order valence-corrected chi connectivity index (χ0v) is 10.9. The number of carboxylic acid groups (broad SMARTS) is 1. The van der Waals surface area contributed by atoms with Crippen LogP contribution >= 0.6 is 0 Å². The molecule has 0 atom stereocenters. The molecular weight excluding hydrogens is 260 g/mol.